The van der Waals surface area contributed by atoms with Crippen LogP contribution in [-0.4, -0.2) is 15.6 Å². The summed E-state index contributed by atoms with van der Waals surface area (Å²) in [6.45, 7) is 0. The third-order valence-corrected chi connectivity index (χ3v) is 3.92. The molecule has 1 atom stereocenters. The van der Waals surface area contributed by atoms with E-state index in [1.54, 1.807) is 10.7 Å². The number of hydrogen-bond donors (Lipinski definition) is 0. The lowest BCUT2D eigenvalue weighted by molar-refractivity contribution is 0.0965. The van der Waals surface area contributed by atoms with Gasteiger partial charge in [-0.1, -0.05) is 24.3 Å². The van der Waals surface area contributed by atoms with Gasteiger partial charge in [0.1, 0.15) is 5.69 Å². The van der Waals surface area contributed by atoms with Crippen molar-refractivity contribution in [1.29, 1.82) is 0 Å². The van der Waals surface area contributed by atoms with E-state index in [1.807, 2.05) is 13.2 Å². The highest BCUT2D eigenvalue weighted by molar-refractivity contribution is 5.94. The second-order valence-corrected chi connectivity index (χ2v) is 5.29. The Morgan fingerprint density at radius 1 is 1.37 bits per heavy atom. The molecule has 1 aromatic heterocycles. The molecule has 98 valence electrons. The molecule has 1 aliphatic rings. The Hall–Kier alpha value is -1.90. The molecule has 2 aromatic rings. The van der Waals surface area contributed by atoms with Gasteiger partial charge in [0.25, 0.3) is 0 Å². The number of carbonyl (C=O) groups is 1. The number of Topliss-reactive ketones (excluding diaryl/α,β-unsaturated/α-hetero) is 1. The van der Waals surface area contributed by atoms with Crippen molar-refractivity contribution in [3.63, 3.8) is 0 Å². The molecule has 0 saturated heterocycles. The molecule has 1 unspecified atom stereocenters. The Bertz CT molecular complexity index is 600. The summed E-state index contributed by atoms with van der Waals surface area (Å²) >= 11 is 0. The third kappa shape index (κ3) is 2.46. The number of ketones is 1. The van der Waals surface area contributed by atoms with Crippen molar-refractivity contribution in [1.82, 2.24) is 9.78 Å². The monoisotopic (exact) mass is 254 g/mol. The van der Waals surface area contributed by atoms with Crippen molar-refractivity contribution in [2.24, 2.45) is 7.05 Å². The van der Waals surface area contributed by atoms with Crippen molar-refractivity contribution in [3.8, 4) is 0 Å². The first-order valence-corrected chi connectivity index (χ1v) is 6.84. The van der Waals surface area contributed by atoms with E-state index in [2.05, 4.69) is 29.4 Å². The van der Waals surface area contributed by atoms with Crippen molar-refractivity contribution < 1.29 is 4.79 Å². The van der Waals surface area contributed by atoms with Crippen LogP contribution in [0.15, 0.2) is 36.5 Å². The SMILES string of the molecule is Cn1ccc(C(=O)CC2CCCc3ccccc32)n1. The first-order valence-electron chi connectivity index (χ1n) is 6.84. The fourth-order valence-corrected chi connectivity index (χ4v) is 2.96. The highest BCUT2D eigenvalue weighted by atomic mass is 16.1. The van der Waals surface area contributed by atoms with E-state index in [4.69, 9.17) is 0 Å². The van der Waals surface area contributed by atoms with E-state index in [-0.39, 0.29) is 5.78 Å². The van der Waals surface area contributed by atoms with Gasteiger partial charge in [-0.15, -0.1) is 0 Å². The number of fused-ring (bicyclic) bond motifs is 1. The second kappa shape index (κ2) is 5.00. The van der Waals surface area contributed by atoms with Gasteiger partial charge in [-0.05, 0) is 42.4 Å². The Labute approximate surface area is 113 Å². The molecule has 1 aromatic carbocycles. The van der Waals surface area contributed by atoms with Crippen molar-refractivity contribution in [2.75, 3.05) is 0 Å². The molecule has 0 bridgehead atoms. The Kier molecular flexibility index (Phi) is 3.20. The molecule has 0 radical (unpaired) electrons. The zero-order valence-electron chi connectivity index (χ0n) is 11.2. The molecule has 0 saturated carbocycles. The minimum atomic E-state index is 0.155. The number of benzene rings is 1. The maximum Gasteiger partial charge on any atom is 0.183 e. The zero-order chi connectivity index (χ0) is 13.2. The average molecular weight is 254 g/mol. The van der Waals surface area contributed by atoms with Crippen LogP contribution >= 0.6 is 0 Å². The van der Waals surface area contributed by atoms with Crippen LogP contribution in [0, 0.1) is 0 Å². The topological polar surface area (TPSA) is 34.9 Å². The molecule has 3 rings (SSSR count). The molecular weight excluding hydrogens is 236 g/mol. The summed E-state index contributed by atoms with van der Waals surface area (Å²) in [6.07, 6.45) is 5.83. The Morgan fingerprint density at radius 2 is 2.21 bits per heavy atom. The highest BCUT2D eigenvalue weighted by Crippen LogP contribution is 2.34. The van der Waals surface area contributed by atoms with E-state index in [0.717, 1.165) is 12.8 Å². The van der Waals surface area contributed by atoms with E-state index >= 15 is 0 Å². The maximum atomic E-state index is 12.3. The minimum Gasteiger partial charge on any atom is -0.292 e. The summed E-state index contributed by atoms with van der Waals surface area (Å²) in [7, 11) is 1.84. The second-order valence-electron chi connectivity index (χ2n) is 5.29. The molecule has 0 amide bonds. The van der Waals surface area contributed by atoms with E-state index in [9.17, 15) is 4.79 Å². The van der Waals surface area contributed by atoms with Crippen molar-refractivity contribution in [3.05, 3.63) is 53.3 Å². The van der Waals surface area contributed by atoms with Crippen molar-refractivity contribution >= 4 is 5.78 Å². The first-order chi connectivity index (χ1) is 9.24. The van der Waals surface area contributed by atoms with Crippen LogP contribution in [0.25, 0.3) is 0 Å². The van der Waals surface area contributed by atoms with Gasteiger partial charge in [-0.25, -0.2) is 0 Å². The van der Waals surface area contributed by atoms with Gasteiger partial charge >= 0.3 is 0 Å². The average Bonchev–Trinajstić information content (AvgIpc) is 2.86. The van der Waals surface area contributed by atoms with Gasteiger partial charge in [0.05, 0.1) is 0 Å². The molecule has 3 heteroatoms. The zero-order valence-corrected chi connectivity index (χ0v) is 11.2. The molecule has 0 spiro atoms. The lowest BCUT2D eigenvalue weighted by atomic mass is 9.80. The lowest BCUT2D eigenvalue weighted by Crippen LogP contribution is -2.14. The van der Waals surface area contributed by atoms with Crippen molar-refractivity contribution in [2.45, 2.75) is 31.6 Å². The largest absolute Gasteiger partial charge is 0.292 e. The van der Waals surface area contributed by atoms with Gasteiger partial charge in [0.15, 0.2) is 5.78 Å². The minimum absolute atomic E-state index is 0.155. The van der Waals surface area contributed by atoms with Gasteiger partial charge in [0, 0.05) is 19.7 Å². The molecule has 3 nitrogen and oxygen atoms in total. The molecule has 0 N–H and O–H groups in total. The van der Waals surface area contributed by atoms with Gasteiger partial charge in [-0.3, -0.25) is 9.48 Å². The number of carbonyl (C=O) groups excluding carboxylic acids is 1. The number of aryl methyl sites for hydroxylation is 2. The van der Waals surface area contributed by atoms with Crippen LogP contribution in [0.4, 0.5) is 0 Å². The number of aromatic nitrogens is 2. The summed E-state index contributed by atoms with van der Waals surface area (Å²) < 4.78 is 1.68. The van der Waals surface area contributed by atoms with Crippen LogP contribution in [0.3, 0.4) is 0 Å². The quantitative estimate of drug-likeness (QED) is 0.789. The van der Waals surface area contributed by atoms with E-state index < -0.39 is 0 Å². The summed E-state index contributed by atoms with van der Waals surface area (Å²) in [6, 6.07) is 10.3. The predicted octanol–water partition coefficient (Wildman–Crippen LogP) is 3.11. The summed E-state index contributed by atoms with van der Waals surface area (Å²) in [4.78, 5) is 12.3. The summed E-state index contributed by atoms with van der Waals surface area (Å²) in [5, 5.41) is 4.20. The number of nitrogens with zero attached hydrogens (tertiary/aromatic N) is 2. The smallest absolute Gasteiger partial charge is 0.183 e. The predicted molar refractivity (Wildman–Crippen MR) is 74.3 cm³/mol. The Morgan fingerprint density at radius 3 is 3.00 bits per heavy atom. The number of hydrogen-bond acceptors (Lipinski definition) is 2. The first kappa shape index (κ1) is 12.2. The Balaban J connectivity index is 1.79. The van der Waals surface area contributed by atoms with Gasteiger partial charge in [-0.2, -0.15) is 5.10 Å². The van der Waals surface area contributed by atoms with Crippen LogP contribution in [-0.2, 0) is 13.5 Å². The molecule has 0 aliphatic heterocycles. The normalized spacial score (nSPS) is 18.1. The molecule has 19 heavy (non-hydrogen) atoms. The number of rotatable bonds is 3. The maximum absolute atomic E-state index is 12.3. The van der Waals surface area contributed by atoms with Crippen LogP contribution in [0.5, 0.6) is 0 Å². The molecule has 1 aliphatic carbocycles. The third-order valence-electron chi connectivity index (χ3n) is 3.92. The fraction of sp³-hybridized carbons (Fsp3) is 0.375. The molecule has 0 fully saturated rings. The summed E-state index contributed by atoms with van der Waals surface area (Å²) in [5.41, 5.74) is 3.36. The highest BCUT2D eigenvalue weighted by Gasteiger charge is 2.23. The van der Waals surface area contributed by atoms with Crippen LogP contribution in [0.1, 0.15) is 46.8 Å². The van der Waals surface area contributed by atoms with E-state index in [0.29, 0.717) is 18.0 Å². The van der Waals surface area contributed by atoms with Crippen LogP contribution < -0.4 is 0 Å². The molecular formula is C16H18N2O. The molecule has 1 heterocycles. The van der Waals surface area contributed by atoms with Gasteiger partial charge in [0.2, 0.25) is 0 Å². The van der Waals surface area contributed by atoms with Crippen LogP contribution in [0.2, 0.25) is 0 Å². The standard InChI is InChI=1S/C16H18N2O/c1-18-10-9-15(17-18)16(19)11-13-7-4-6-12-5-2-3-8-14(12)13/h2-3,5,8-10,13H,4,6-7,11H2,1H3. The lowest BCUT2D eigenvalue weighted by Gasteiger charge is -2.24. The fourth-order valence-electron chi connectivity index (χ4n) is 2.96. The summed E-state index contributed by atoms with van der Waals surface area (Å²) in [5.74, 6) is 0.516. The van der Waals surface area contributed by atoms with E-state index in [1.165, 1.54) is 17.5 Å². The van der Waals surface area contributed by atoms with Gasteiger partial charge < -0.3 is 0 Å².